The Hall–Kier alpha value is -1.16. The fraction of sp³-hybridized carbons (Fsp3) is 0.810. The smallest absolute Gasteiger partial charge is 0.303 e. The van der Waals surface area contributed by atoms with Gasteiger partial charge in [0.25, 0.3) is 0 Å². The minimum Gasteiger partial charge on any atom is -0.481 e. The van der Waals surface area contributed by atoms with Crippen LogP contribution in [0, 0.1) is 11.8 Å². The van der Waals surface area contributed by atoms with E-state index in [1.165, 1.54) is 0 Å². The quantitative estimate of drug-likeness (QED) is 0.365. The summed E-state index contributed by atoms with van der Waals surface area (Å²) in [6.07, 6.45) is 14.2. The van der Waals surface area contributed by atoms with E-state index in [0.29, 0.717) is 24.5 Å². The number of allylic oxidation sites excluding steroid dienone is 1. The molecule has 0 radical (unpaired) electrons. The second-order valence-corrected chi connectivity index (χ2v) is 7.85. The molecule has 0 heterocycles. The van der Waals surface area contributed by atoms with Crippen molar-refractivity contribution in [1.29, 1.82) is 0 Å². The number of rotatable bonds is 13. The number of aliphatic carboxylic acids is 1. The summed E-state index contributed by atoms with van der Waals surface area (Å²) in [6.45, 7) is 4.02. The molecule has 0 amide bonds. The van der Waals surface area contributed by atoms with Gasteiger partial charge in [-0.05, 0) is 44.9 Å². The molecule has 1 aliphatic carbocycles. The summed E-state index contributed by atoms with van der Waals surface area (Å²) in [4.78, 5) is 22.6. The molecule has 1 aliphatic rings. The number of hydrogen-bond donors (Lipinski definition) is 2. The lowest BCUT2D eigenvalue weighted by atomic mass is 9.88. The molecule has 1 fully saturated rings. The fourth-order valence-electron chi connectivity index (χ4n) is 3.69. The Morgan fingerprint density at radius 3 is 2.64 bits per heavy atom. The first-order valence-electron chi connectivity index (χ1n) is 9.99. The van der Waals surface area contributed by atoms with E-state index in [-0.39, 0.29) is 12.3 Å². The summed E-state index contributed by atoms with van der Waals surface area (Å²) < 4.78 is 0. The first-order valence-corrected chi connectivity index (χ1v) is 9.99. The molecule has 0 aromatic carbocycles. The first-order chi connectivity index (χ1) is 11.9. The zero-order chi connectivity index (χ0) is 18.7. The van der Waals surface area contributed by atoms with Crippen LogP contribution in [0.3, 0.4) is 0 Å². The van der Waals surface area contributed by atoms with Gasteiger partial charge in [0.1, 0.15) is 5.78 Å². The van der Waals surface area contributed by atoms with Crippen molar-refractivity contribution in [3.63, 3.8) is 0 Å². The molecule has 1 rings (SSSR count). The number of ketones is 1. The van der Waals surface area contributed by atoms with Gasteiger partial charge in [-0.15, -0.1) is 0 Å². The van der Waals surface area contributed by atoms with Crippen LogP contribution in [0.2, 0.25) is 0 Å². The van der Waals surface area contributed by atoms with Crippen molar-refractivity contribution >= 4 is 11.8 Å². The number of aliphatic hydroxyl groups is 1. The molecular formula is C21H36O4. The Morgan fingerprint density at radius 2 is 1.96 bits per heavy atom. The highest BCUT2D eigenvalue weighted by Gasteiger charge is 2.32. The van der Waals surface area contributed by atoms with Crippen molar-refractivity contribution in [1.82, 2.24) is 0 Å². The van der Waals surface area contributed by atoms with E-state index >= 15 is 0 Å². The number of unbranched alkanes of at least 4 members (excludes halogenated alkanes) is 4. The zero-order valence-electron chi connectivity index (χ0n) is 16.0. The zero-order valence-corrected chi connectivity index (χ0v) is 16.0. The third-order valence-corrected chi connectivity index (χ3v) is 5.32. The lowest BCUT2D eigenvalue weighted by Crippen LogP contribution is -2.22. The predicted molar refractivity (Wildman–Crippen MR) is 100 cm³/mol. The predicted octanol–water partition coefficient (Wildman–Crippen LogP) is 4.89. The normalized spacial score (nSPS) is 23.2. The average molecular weight is 353 g/mol. The number of carbonyl (C=O) groups excluding carboxylic acids is 1. The molecule has 4 nitrogen and oxygen atoms in total. The summed E-state index contributed by atoms with van der Waals surface area (Å²) >= 11 is 0. The van der Waals surface area contributed by atoms with Crippen molar-refractivity contribution in [2.45, 2.75) is 96.5 Å². The summed E-state index contributed by atoms with van der Waals surface area (Å²) in [6, 6.07) is 0. The summed E-state index contributed by atoms with van der Waals surface area (Å²) in [5.41, 5.74) is -0.644. The number of hydrogen-bond acceptors (Lipinski definition) is 3. The Labute approximate surface area is 152 Å². The van der Waals surface area contributed by atoms with Crippen LogP contribution in [0.15, 0.2) is 12.2 Å². The van der Waals surface area contributed by atoms with Gasteiger partial charge in [0.15, 0.2) is 0 Å². The summed E-state index contributed by atoms with van der Waals surface area (Å²) in [7, 11) is 0. The topological polar surface area (TPSA) is 74.6 Å². The molecule has 2 N–H and O–H groups in total. The lowest BCUT2D eigenvalue weighted by molar-refractivity contribution is -0.137. The Balaban J connectivity index is 2.34. The second-order valence-electron chi connectivity index (χ2n) is 7.85. The molecule has 4 heteroatoms. The molecule has 1 saturated carbocycles. The number of carbonyl (C=O) groups is 2. The minimum absolute atomic E-state index is 0.122. The maximum Gasteiger partial charge on any atom is 0.303 e. The van der Waals surface area contributed by atoms with E-state index in [1.807, 2.05) is 6.92 Å². The number of carboxylic acids is 1. The molecule has 0 bridgehead atoms. The highest BCUT2D eigenvalue weighted by Crippen LogP contribution is 2.34. The summed E-state index contributed by atoms with van der Waals surface area (Å²) in [5, 5.41) is 19.0. The monoisotopic (exact) mass is 352 g/mol. The van der Waals surface area contributed by atoms with Crippen LogP contribution < -0.4 is 0 Å². The largest absolute Gasteiger partial charge is 0.481 e. The van der Waals surface area contributed by atoms with E-state index in [9.17, 15) is 14.7 Å². The van der Waals surface area contributed by atoms with Crippen LogP contribution in [-0.2, 0) is 9.59 Å². The Kier molecular flexibility index (Phi) is 10.0. The van der Waals surface area contributed by atoms with Crippen molar-refractivity contribution in [2.75, 3.05) is 0 Å². The van der Waals surface area contributed by atoms with Crippen LogP contribution in [0.4, 0.5) is 0 Å². The molecule has 0 saturated heterocycles. The van der Waals surface area contributed by atoms with E-state index < -0.39 is 11.6 Å². The Morgan fingerprint density at radius 1 is 1.24 bits per heavy atom. The van der Waals surface area contributed by atoms with Gasteiger partial charge in [-0.25, -0.2) is 0 Å². The van der Waals surface area contributed by atoms with Crippen molar-refractivity contribution in [3.8, 4) is 0 Å². The molecule has 0 aromatic rings. The Bertz CT molecular complexity index is 439. The van der Waals surface area contributed by atoms with Crippen molar-refractivity contribution < 1.29 is 19.8 Å². The standard InChI is InChI=1S/C21H36O4/c1-3-4-15-21(2,25)16-9-10-17-13-14-19(22)18(17)11-7-5-6-8-12-20(23)24/h9-10,17-18,25H,3-8,11-16H2,1-2H3,(H,23,24)/b10-9+/t17-,18+,21?/m0/s1. The highest BCUT2D eigenvalue weighted by atomic mass is 16.4. The maximum absolute atomic E-state index is 12.1. The molecule has 25 heavy (non-hydrogen) atoms. The van der Waals surface area contributed by atoms with Gasteiger partial charge >= 0.3 is 5.97 Å². The molecule has 144 valence electrons. The van der Waals surface area contributed by atoms with Gasteiger partial charge in [0.05, 0.1) is 5.60 Å². The van der Waals surface area contributed by atoms with Crippen molar-refractivity contribution in [2.24, 2.45) is 11.8 Å². The van der Waals surface area contributed by atoms with E-state index in [1.54, 1.807) is 0 Å². The van der Waals surface area contributed by atoms with E-state index in [4.69, 9.17) is 5.11 Å². The van der Waals surface area contributed by atoms with Gasteiger partial charge in [0.2, 0.25) is 0 Å². The number of Topliss-reactive ketones (excluding diaryl/α,β-unsaturated/α-hetero) is 1. The average Bonchev–Trinajstić information content (AvgIpc) is 2.89. The molecule has 1 unspecified atom stereocenters. The van der Waals surface area contributed by atoms with E-state index in [0.717, 1.165) is 57.8 Å². The van der Waals surface area contributed by atoms with E-state index in [2.05, 4.69) is 19.1 Å². The van der Waals surface area contributed by atoms with Gasteiger partial charge in [-0.3, -0.25) is 9.59 Å². The van der Waals surface area contributed by atoms with Gasteiger partial charge < -0.3 is 10.2 Å². The third-order valence-electron chi connectivity index (χ3n) is 5.32. The highest BCUT2D eigenvalue weighted by molar-refractivity contribution is 5.83. The fourth-order valence-corrected chi connectivity index (χ4v) is 3.69. The second kappa shape index (κ2) is 11.5. The van der Waals surface area contributed by atoms with Gasteiger partial charge in [-0.2, -0.15) is 0 Å². The number of carboxylic acid groups (broad SMARTS) is 1. The molecule has 0 aliphatic heterocycles. The third kappa shape index (κ3) is 9.20. The summed E-state index contributed by atoms with van der Waals surface area (Å²) in [5.74, 6) is 0.0775. The molecule has 3 atom stereocenters. The van der Waals surface area contributed by atoms with Gasteiger partial charge in [-0.1, -0.05) is 51.2 Å². The van der Waals surface area contributed by atoms with Crippen LogP contribution in [0.25, 0.3) is 0 Å². The van der Waals surface area contributed by atoms with Crippen LogP contribution >= 0.6 is 0 Å². The first kappa shape index (κ1) is 21.9. The van der Waals surface area contributed by atoms with Crippen LogP contribution in [0.5, 0.6) is 0 Å². The maximum atomic E-state index is 12.1. The molecular weight excluding hydrogens is 316 g/mol. The van der Waals surface area contributed by atoms with Gasteiger partial charge in [0, 0.05) is 18.8 Å². The van der Waals surface area contributed by atoms with Crippen LogP contribution in [0.1, 0.15) is 90.9 Å². The van der Waals surface area contributed by atoms with Crippen molar-refractivity contribution in [3.05, 3.63) is 12.2 Å². The van der Waals surface area contributed by atoms with Crippen LogP contribution in [-0.4, -0.2) is 27.6 Å². The lowest BCUT2D eigenvalue weighted by Gasteiger charge is -2.21. The molecule has 0 spiro atoms. The minimum atomic E-state index is -0.731. The SMILES string of the molecule is CCCCC(C)(O)C/C=C/[C@H]1CCC(=O)[C@@H]1CCCCCCC(=O)O. The molecule has 0 aromatic heterocycles.